The van der Waals surface area contributed by atoms with Crippen LogP contribution in [0.1, 0.15) is 49.9 Å². The lowest BCUT2D eigenvalue weighted by atomic mass is 9.89. The van der Waals surface area contributed by atoms with Gasteiger partial charge in [0.05, 0.1) is 12.3 Å². The predicted octanol–water partition coefficient (Wildman–Crippen LogP) is 3.40. The van der Waals surface area contributed by atoms with Crippen molar-refractivity contribution in [2.45, 2.75) is 45.6 Å². The van der Waals surface area contributed by atoms with Gasteiger partial charge in [0.1, 0.15) is 11.7 Å². The first-order valence-corrected chi connectivity index (χ1v) is 7.34. The zero-order chi connectivity index (χ0) is 14.5. The zero-order valence-electron chi connectivity index (χ0n) is 12.2. The Morgan fingerprint density at radius 3 is 2.65 bits per heavy atom. The summed E-state index contributed by atoms with van der Waals surface area (Å²) in [5.41, 5.74) is 6.76. The van der Waals surface area contributed by atoms with E-state index in [-0.39, 0.29) is 12.1 Å². The van der Waals surface area contributed by atoms with Gasteiger partial charge in [-0.15, -0.1) is 0 Å². The molecule has 2 rings (SSSR count). The lowest BCUT2D eigenvalue weighted by Crippen LogP contribution is -2.24. The van der Waals surface area contributed by atoms with Crippen LogP contribution >= 0.6 is 0 Å². The fraction of sp³-hybridized carbons (Fsp3) is 0.562. The Hall–Kier alpha value is -1.71. The smallest absolute Gasteiger partial charge is 0.342 e. The number of esters is 1. The van der Waals surface area contributed by atoms with Crippen molar-refractivity contribution < 1.29 is 14.3 Å². The average Bonchev–Trinajstić information content (AvgIpc) is 2.43. The number of nitrogen functional groups attached to an aromatic ring is 1. The third-order valence-electron chi connectivity index (χ3n) is 3.79. The van der Waals surface area contributed by atoms with Gasteiger partial charge in [-0.05, 0) is 50.7 Å². The topological polar surface area (TPSA) is 61.5 Å². The molecule has 0 aliphatic heterocycles. The van der Waals surface area contributed by atoms with E-state index in [1.165, 1.54) is 0 Å². The molecule has 0 aromatic heterocycles. The fourth-order valence-electron chi connectivity index (χ4n) is 2.58. The normalized spacial score (nSPS) is 22.3. The highest BCUT2D eigenvalue weighted by atomic mass is 16.5. The molecule has 1 saturated carbocycles. The van der Waals surface area contributed by atoms with Crippen LogP contribution in [0.5, 0.6) is 5.75 Å². The van der Waals surface area contributed by atoms with E-state index < -0.39 is 0 Å². The van der Waals surface area contributed by atoms with Gasteiger partial charge in [-0.25, -0.2) is 4.79 Å². The van der Waals surface area contributed by atoms with Crippen LogP contribution in [-0.2, 0) is 4.74 Å². The van der Waals surface area contributed by atoms with Crippen molar-refractivity contribution in [1.29, 1.82) is 0 Å². The second-order valence-electron chi connectivity index (χ2n) is 5.44. The summed E-state index contributed by atoms with van der Waals surface area (Å²) < 4.78 is 11.1. The van der Waals surface area contributed by atoms with Crippen LogP contribution in [0.2, 0.25) is 0 Å². The van der Waals surface area contributed by atoms with E-state index in [4.69, 9.17) is 15.2 Å². The largest absolute Gasteiger partial charge is 0.491 e. The molecule has 1 aliphatic carbocycles. The van der Waals surface area contributed by atoms with Crippen molar-refractivity contribution >= 4 is 11.7 Å². The minimum absolute atomic E-state index is 0.0228. The van der Waals surface area contributed by atoms with Crippen LogP contribution < -0.4 is 10.5 Å². The molecule has 4 heteroatoms. The Kier molecular flexibility index (Phi) is 4.88. The second kappa shape index (κ2) is 6.64. The van der Waals surface area contributed by atoms with E-state index in [1.54, 1.807) is 18.2 Å². The predicted molar refractivity (Wildman–Crippen MR) is 78.9 cm³/mol. The Labute approximate surface area is 120 Å². The molecular formula is C16H23NO3. The minimum atomic E-state index is -0.333. The van der Waals surface area contributed by atoms with Crippen LogP contribution in [0.25, 0.3) is 0 Å². The van der Waals surface area contributed by atoms with Crippen LogP contribution in [0.15, 0.2) is 18.2 Å². The number of anilines is 1. The van der Waals surface area contributed by atoms with Crippen LogP contribution in [0, 0.1) is 5.92 Å². The monoisotopic (exact) mass is 277 g/mol. The molecule has 1 aromatic rings. The van der Waals surface area contributed by atoms with Crippen molar-refractivity contribution in [3.8, 4) is 5.75 Å². The number of hydrogen-bond acceptors (Lipinski definition) is 4. The van der Waals surface area contributed by atoms with Gasteiger partial charge < -0.3 is 15.2 Å². The third-order valence-corrected chi connectivity index (χ3v) is 3.79. The van der Waals surface area contributed by atoms with E-state index in [0.29, 0.717) is 23.6 Å². The fourth-order valence-corrected chi connectivity index (χ4v) is 2.58. The number of carbonyl (C=O) groups excluding carboxylic acids is 1. The molecule has 1 aliphatic rings. The molecule has 1 fully saturated rings. The molecule has 0 unspecified atom stereocenters. The summed E-state index contributed by atoms with van der Waals surface area (Å²) in [6.45, 7) is 4.57. The molecule has 4 nitrogen and oxygen atoms in total. The number of para-hydroxylation sites is 1. The average molecular weight is 277 g/mol. The zero-order valence-corrected chi connectivity index (χ0v) is 12.2. The van der Waals surface area contributed by atoms with E-state index in [0.717, 1.165) is 31.6 Å². The van der Waals surface area contributed by atoms with Gasteiger partial charge in [0.15, 0.2) is 5.75 Å². The Morgan fingerprint density at radius 2 is 2.00 bits per heavy atom. The molecule has 0 saturated heterocycles. The van der Waals surface area contributed by atoms with E-state index >= 15 is 0 Å². The van der Waals surface area contributed by atoms with E-state index in [1.807, 2.05) is 6.92 Å². The highest BCUT2D eigenvalue weighted by Crippen LogP contribution is 2.30. The van der Waals surface area contributed by atoms with Crippen molar-refractivity contribution in [2.75, 3.05) is 12.3 Å². The first-order chi connectivity index (χ1) is 9.61. The number of carbonyl (C=O) groups is 1. The van der Waals surface area contributed by atoms with Gasteiger partial charge in [0, 0.05) is 0 Å². The maximum atomic E-state index is 12.3. The first kappa shape index (κ1) is 14.7. The summed E-state index contributed by atoms with van der Waals surface area (Å²) in [4.78, 5) is 12.3. The number of nitrogens with two attached hydrogens (primary N) is 1. The molecule has 0 spiro atoms. The van der Waals surface area contributed by atoms with Gasteiger partial charge >= 0.3 is 5.97 Å². The molecule has 20 heavy (non-hydrogen) atoms. The SMILES string of the molecule is CCOc1c(N)cccc1C(=O)OC1CCC(C)CC1. The number of rotatable bonds is 4. The third kappa shape index (κ3) is 3.44. The van der Waals surface area contributed by atoms with Gasteiger partial charge in [-0.3, -0.25) is 0 Å². The summed E-state index contributed by atoms with van der Waals surface area (Å²) in [5, 5.41) is 0. The quantitative estimate of drug-likeness (QED) is 0.676. The summed E-state index contributed by atoms with van der Waals surface area (Å²) in [6, 6.07) is 5.18. The molecule has 1 aromatic carbocycles. The number of hydrogen-bond donors (Lipinski definition) is 1. The van der Waals surface area contributed by atoms with Crippen molar-refractivity contribution in [1.82, 2.24) is 0 Å². The molecule has 0 heterocycles. The van der Waals surface area contributed by atoms with Gasteiger partial charge in [-0.2, -0.15) is 0 Å². The van der Waals surface area contributed by atoms with Crippen molar-refractivity contribution in [2.24, 2.45) is 5.92 Å². The van der Waals surface area contributed by atoms with Crippen molar-refractivity contribution in [3.63, 3.8) is 0 Å². The Morgan fingerprint density at radius 1 is 1.30 bits per heavy atom. The molecule has 0 bridgehead atoms. The Balaban J connectivity index is 2.07. The molecule has 0 amide bonds. The highest BCUT2D eigenvalue weighted by Gasteiger charge is 2.24. The number of benzene rings is 1. The lowest BCUT2D eigenvalue weighted by molar-refractivity contribution is 0.0170. The summed E-state index contributed by atoms with van der Waals surface area (Å²) in [6.07, 6.45) is 4.15. The summed E-state index contributed by atoms with van der Waals surface area (Å²) in [7, 11) is 0. The van der Waals surface area contributed by atoms with Crippen LogP contribution in [-0.4, -0.2) is 18.7 Å². The van der Waals surface area contributed by atoms with E-state index in [9.17, 15) is 4.79 Å². The minimum Gasteiger partial charge on any atom is -0.491 e. The summed E-state index contributed by atoms with van der Waals surface area (Å²) in [5.74, 6) is 0.834. The number of ether oxygens (including phenoxy) is 2. The maximum Gasteiger partial charge on any atom is 0.342 e. The van der Waals surface area contributed by atoms with Gasteiger partial charge in [0.2, 0.25) is 0 Å². The first-order valence-electron chi connectivity index (χ1n) is 7.34. The standard InChI is InChI=1S/C16H23NO3/c1-3-19-15-13(5-4-6-14(15)17)16(18)20-12-9-7-11(2)8-10-12/h4-6,11-12H,3,7-10,17H2,1-2H3. The Bertz CT molecular complexity index is 465. The van der Waals surface area contributed by atoms with Gasteiger partial charge in [0.25, 0.3) is 0 Å². The highest BCUT2D eigenvalue weighted by molar-refractivity contribution is 5.94. The molecule has 0 radical (unpaired) electrons. The van der Waals surface area contributed by atoms with Crippen molar-refractivity contribution in [3.05, 3.63) is 23.8 Å². The lowest BCUT2D eigenvalue weighted by Gasteiger charge is -2.26. The molecule has 2 N–H and O–H groups in total. The van der Waals surface area contributed by atoms with E-state index in [2.05, 4.69) is 6.92 Å². The molecule has 0 atom stereocenters. The molecular weight excluding hydrogens is 254 g/mol. The van der Waals surface area contributed by atoms with Crippen LogP contribution in [0.3, 0.4) is 0 Å². The maximum absolute atomic E-state index is 12.3. The van der Waals surface area contributed by atoms with Crippen LogP contribution in [0.4, 0.5) is 5.69 Å². The van der Waals surface area contributed by atoms with Gasteiger partial charge in [-0.1, -0.05) is 13.0 Å². The summed E-state index contributed by atoms with van der Waals surface area (Å²) >= 11 is 0. The second-order valence-corrected chi connectivity index (χ2v) is 5.44. The molecule has 110 valence electrons.